The number of primary amides is 1. The number of amides is 2. The lowest BCUT2D eigenvalue weighted by Gasteiger charge is -2.31. The van der Waals surface area contributed by atoms with Crippen molar-refractivity contribution in [2.75, 3.05) is 6.61 Å². The first-order valence-electron chi connectivity index (χ1n) is 12.5. The number of unbranched alkanes of at least 4 members (excludes halogenated alkanes) is 1. The normalized spacial score (nSPS) is 18.1. The molecule has 0 aliphatic heterocycles. The maximum atomic E-state index is 12.2. The second-order valence-corrected chi connectivity index (χ2v) is 10.2. The summed E-state index contributed by atoms with van der Waals surface area (Å²) in [5, 5.41) is 12.1. The topological polar surface area (TPSA) is 111 Å². The number of carbonyl (C=O) groups excluding carboxylic acids is 2. The van der Waals surface area contributed by atoms with Gasteiger partial charge in [-0.3, -0.25) is 0 Å². The van der Waals surface area contributed by atoms with Gasteiger partial charge in [0.1, 0.15) is 11.4 Å². The maximum absolute atomic E-state index is 12.2. The smallest absolute Gasteiger partial charge is 0.409 e. The third-order valence-corrected chi connectivity index (χ3v) is 6.27. The van der Waals surface area contributed by atoms with E-state index in [-0.39, 0.29) is 18.7 Å². The van der Waals surface area contributed by atoms with E-state index in [2.05, 4.69) is 17.4 Å². The molecule has 0 heterocycles. The van der Waals surface area contributed by atoms with Crippen molar-refractivity contribution in [1.82, 2.24) is 5.32 Å². The Morgan fingerprint density at radius 3 is 2.40 bits per heavy atom. The molecule has 0 spiro atoms. The first-order valence-corrected chi connectivity index (χ1v) is 12.5. The summed E-state index contributed by atoms with van der Waals surface area (Å²) >= 11 is 0. The van der Waals surface area contributed by atoms with E-state index in [0.717, 1.165) is 61.6 Å². The number of alkyl carbamates (subject to hydrolysis) is 1. The minimum absolute atomic E-state index is 0.0974. The number of nitrogens with one attached hydrogen (secondary N) is 1. The summed E-state index contributed by atoms with van der Waals surface area (Å²) in [5.74, 6) is 0.778. The van der Waals surface area contributed by atoms with Crippen LogP contribution in [0.3, 0.4) is 0 Å². The van der Waals surface area contributed by atoms with E-state index >= 15 is 0 Å². The number of nitrogens with two attached hydrogens (primary N) is 1. The molecule has 0 saturated heterocycles. The van der Waals surface area contributed by atoms with Crippen LogP contribution in [0.5, 0.6) is 5.75 Å². The summed E-state index contributed by atoms with van der Waals surface area (Å²) in [6.45, 7) is 5.74. The molecule has 0 unspecified atom stereocenters. The molecule has 1 aliphatic carbocycles. The van der Waals surface area contributed by atoms with Gasteiger partial charge in [-0.05, 0) is 94.4 Å². The molecule has 0 radical (unpaired) electrons. The highest BCUT2D eigenvalue weighted by Crippen LogP contribution is 2.41. The van der Waals surface area contributed by atoms with Crippen LogP contribution in [0.25, 0.3) is 11.1 Å². The predicted octanol–water partition coefficient (Wildman–Crippen LogP) is 5.68. The first-order chi connectivity index (χ1) is 16.7. The fourth-order valence-electron chi connectivity index (χ4n) is 4.70. The minimum Gasteiger partial charge on any atom is -0.444 e. The Balaban J connectivity index is 1.77. The largest absolute Gasteiger partial charge is 0.444 e. The zero-order valence-electron chi connectivity index (χ0n) is 21.0. The summed E-state index contributed by atoms with van der Waals surface area (Å²) in [6, 6.07) is 14.2. The number of hydrogen-bond acceptors (Lipinski definition) is 5. The van der Waals surface area contributed by atoms with Gasteiger partial charge in [-0.1, -0.05) is 36.4 Å². The van der Waals surface area contributed by atoms with E-state index in [1.807, 2.05) is 51.1 Å². The summed E-state index contributed by atoms with van der Waals surface area (Å²) in [5.41, 5.74) is 8.95. The van der Waals surface area contributed by atoms with Gasteiger partial charge in [-0.25, -0.2) is 9.59 Å². The lowest BCUT2D eigenvalue weighted by Crippen LogP contribution is -2.40. The van der Waals surface area contributed by atoms with Crippen molar-refractivity contribution in [3.8, 4) is 16.9 Å². The number of benzene rings is 2. The highest BCUT2D eigenvalue weighted by Gasteiger charge is 2.27. The Kier molecular flexibility index (Phi) is 9.15. The van der Waals surface area contributed by atoms with Crippen LogP contribution < -0.4 is 15.8 Å². The van der Waals surface area contributed by atoms with Gasteiger partial charge in [0.05, 0.1) is 0 Å². The third kappa shape index (κ3) is 7.99. The van der Waals surface area contributed by atoms with Crippen LogP contribution in [0.15, 0.2) is 42.5 Å². The van der Waals surface area contributed by atoms with Crippen LogP contribution in [0, 0.1) is 0 Å². The molecule has 190 valence electrons. The molecule has 3 rings (SSSR count). The molecule has 2 aromatic carbocycles. The van der Waals surface area contributed by atoms with E-state index in [1.54, 1.807) is 0 Å². The van der Waals surface area contributed by atoms with Gasteiger partial charge in [0.2, 0.25) is 0 Å². The Labute approximate surface area is 208 Å². The fourth-order valence-corrected chi connectivity index (χ4v) is 4.70. The second kappa shape index (κ2) is 12.1. The number of aliphatic hydroxyl groups is 1. The molecule has 1 fully saturated rings. The molecule has 0 aromatic heterocycles. The molecule has 4 N–H and O–H groups in total. The Bertz CT molecular complexity index is 1010. The van der Waals surface area contributed by atoms with Gasteiger partial charge in [-0.15, -0.1) is 0 Å². The number of aryl methyl sites for hydroxylation is 1. The Hall–Kier alpha value is -3.06. The molecule has 2 aromatic rings. The lowest BCUT2D eigenvalue weighted by molar-refractivity contribution is 0.0491. The van der Waals surface area contributed by atoms with Crippen molar-refractivity contribution in [3.63, 3.8) is 0 Å². The Morgan fingerprint density at radius 1 is 1.03 bits per heavy atom. The number of ether oxygens (including phenoxy) is 2. The molecule has 35 heavy (non-hydrogen) atoms. The molecule has 1 saturated carbocycles. The van der Waals surface area contributed by atoms with Gasteiger partial charge in [0, 0.05) is 18.2 Å². The van der Waals surface area contributed by atoms with E-state index in [1.165, 1.54) is 5.56 Å². The highest BCUT2D eigenvalue weighted by atomic mass is 16.6. The van der Waals surface area contributed by atoms with E-state index in [4.69, 9.17) is 20.3 Å². The summed E-state index contributed by atoms with van der Waals surface area (Å²) < 4.78 is 10.8. The number of aliphatic hydroxyl groups excluding tert-OH is 1. The third-order valence-electron chi connectivity index (χ3n) is 6.27. The van der Waals surface area contributed by atoms with Gasteiger partial charge >= 0.3 is 12.2 Å². The van der Waals surface area contributed by atoms with Crippen LogP contribution in [0.4, 0.5) is 9.59 Å². The lowest BCUT2D eigenvalue weighted by atomic mass is 9.79. The molecule has 2 amide bonds. The quantitative estimate of drug-likeness (QED) is 0.419. The van der Waals surface area contributed by atoms with Crippen LogP contribution in [-0.4, -0.2) is 35.5 Å². The summed E-state index contributed by atoms with van der Waals surface area (Å²) in [4.78, 5) is 23.8. The van der Waals surface area contributed by atoms with E-state index in [9.17, 15) is 9.59 Å². The van der Waals surface area contributed by atoms with Crippen LogP contribution in [0.1, 0.15) is 76.3 Å². The van der Waals surface area contributed by atoms with Crippen molar-refractivity contribution >= 4 is 12.2 Å². The average molecular weight is 483 g/mol. The zero-order valence-corrected chi connectivity index (χ0v) is 21.0. The van der Waals surface area contributed by atoms with Crippen molar-refractivity contribution in [2.24, 2.45) is 5.73 Å². The average Bonchev–Trinajstić information content (AvgIpc) is 2.78. The van der Waals surface area contributed by atoms with Crippen molar-refractivity contribution in [3.05, 3.63) is 53.6 Å². The SMILES string of the molecule is CC(C)(C)OC(=O)N[C@H]1CC[C@H](c2ccccc2-c2ccc(CCCCO)cc2OC(N)=O)CC1. The summed E-state index contributed by atoms with van der Waals surface area (Å²) in [6.07, 6.45) is 4.75. The molecule has 1 aliphatic rings. The number of carbonyl (C=O) groups is 2. The summed E-state index contributed by atoms with van der Waals surface area (Å²) in [7, 11) is 0. The fraction of sp³-hybridized carbons (Fsp3) is 0.500. The van der Waals surface area contributed by atoms with E-state index < -0.39 is 11.7 Å². The van der Waals surface area contributed by atoms with Crippen molar-refractivity contribution in [2.45, 2.75) is 83.3 Å². The predicted molar refractivity (Wildman–Crippen MR) is 136 cm³/mol. The van der Waals surface area contributed by atoms with E-state index in [0.29, 0.717) is 11.7 Å². The molecule has 7 heteroatoms. The van der Waals surface area contributed by atoms with Gasteiger partial charge in [0.25, 0.3) is 0 Å². The maximum Gasteiger partial charge on any atom is 0.409 e. The molecule has 7 nitrogen and oxygen atoms in total. The Morgan fingerprint density at radius 2 is 1.74 bits per heavy atom. The molecule has 0 atom stereocenters. The number of hydrogen-bond donors (Lipinski definition) is 3. The van der Waals surface area contributed by atoms with Gasteiger partial charge < -0.3 is 25.6 Å². The molecular formula is C28H38N2O5. The number of rotatable bonds is 8. The second-order valence-electron chi connectivity index (χ2n) is 10.2. The molecule has 0 bridgehead atoms. The van der Waals surface area contributed by atoms with Crippen LogP contribution in [0.2, 0.25) is 0 Å². The monoisotopic (exact) mass is 482 g/mol. The van der Waals surface area contributed by atoms with Crippen molar-refractivity contribution < 1.29 is 24.2 Å². The minimum atomic E-state index is -0.843. The standard InChI is InChI=1S/C28H38N2O5/c1-28(2,3)35-27(33)30-21-14-12-20(13-15-21)22-9-4-5-10-23(22)24-16-11-19(8-6-7-17-31)18-25(24)34-26(29)32/h4-5,9-11,16,18,20-21,31H,6-8,12-15,17H2,1-3H3,(H2,29,32)(H,30,33)/t20-,21-. The highest BCUT2D eigenvalue weighted by molar-refractivity contribution is 5.78. The van der Waals surface area contributed by atoms with Crippen molar-refractivity contribution in [1.29, 1.82) is 0 Å². The first kappa shape index (κ1) is 26.5. The van der Waals surface area contributed by atoms with Crippen LogP contribution >= 0.6 is 0 Å². The van der Waals surface area contributed by atoms with Gasteiger partial charge in [-0.2, -0.15) is 0 Å². The molecular weight excluding hydrogens is 444 g/mol. The van der Waals surface area contributed by atoms with Crippen LogP contribution in [-0.2, 0) is 11.2 Å². The van der Waals surface area contributed by atoms with Gasteiger partial charge in [0.15, 0.2) is 0 Å². The zero-order chi connectivity index (χ0) is 25.4.